The van der Waals surface area contributed by atoms with Gasteiger partial charge in [0.1, 0.15) is 18.1 Å². The molecule has 0 unspecified atom stereocenters. The van der Waals surface area contributed by atoms with Crippen molar-refractivity contribution in [3.63, 3.8) is 0 Å². The summed E-state index contributed by atoms with van der Waals surface area (Å²) >= 11 is 0. The summed E-state index contributed by atoms with van der Waals surface area (Å²) < 4.78 is 47.0. The summed E-state index contributed by atoms with van der Waals surface area (Å²) in [6.45, 7) is 1.05. The topological polar surface area (TPSA) is 116 Å². The van der Waals surface area contributed by atoms with E-state index in [0.717, 1.165) is 0 Å². The molecule has 1 aliphatic rings. The van der Waals surface area contributed by atoms with Crippen molar-refractivity contribution in [2.45, 2.75) is 17.9 Å². The maximum absolute atomic E-state index is 12.5. The summed E-state index contributed by atoms with van der Waals surface area (Å²) in [5.41, 5.74) is 2.13. The number of para-hydroxylation sites is 1. The van der Waals surface area contributed by atoms with Crippen LogP contribution in [0, 0.1) is 0 Å². The molecule has 2 heterocycles. The van der Waals surface area contributed by atoms with Crippen molar-refractivity contribution in [2.24, 2.45) is 0 Å². The van der Waals surface area contributed by atoms with Gasteiger partial charge in [0.25, 0.3) is 10.0 Å². The lowest BCUT2D eigenvalue weighted by Crippen LogP contribution is -2.41. The van der Waals surface area contributed by atoms with Crippen LogP contribution in [0.1, 0.15) is 22.7 Å². The Hall–Kier alpha value is -3.50. The number of ether oxygens (including phenoxy) is 3. The van der Waals surface area contributed by atoms with Crippen molar-refractivity contribution in [1.82, 2.24) is 10.3 Å². The lowest BCUT2D eigenvalue weighted by atomic mass is 10.3. The van der Waals surface area contributed by atoms with E-state index in [1.807, 2.05) is 23.0 Å². The minimum atomic E-state index is -4.03. The first-order valence-electron chi connectivity index (χ1n) is 9.50. The highest BCUT2D eigenvalue weighted by Gasteiger charge is 2.20. The van der Waals surface area contributed by atoms with Gasteiger partial charge >= 0.3 is 5.91 Å². The quantitative estimate of drug-likeness (QED) is 0.538. The molecule has 2 N–H and O–H groups in total. The van der Waals surface area contributed by atoms with Crippen LogP contribution in [0.2, 0.25) is 0 Å². The third kappa shape index (κ3) is 5.16. The summed E-state index contributed by atoms with van der Waals surface area (Å²) in [6, 6.07) is 16.4. The van der Waals surface area contributed by atoms with Crippen LogP contribution in [-0.2, 0) is 16.6 Å². The molecule has 0 radical (unpaired) electrons. The second-order valence-electron chi connectivity index (χ2n) is 6.59. The standard InChI is InChI=1S/C21H20N2O7S/c24-21(19-9-7-16(30-19)14-29-15-5-2-1-3-6-15)22-23-31(25,26)17-8-10-18-20(13-17)28-12-4-11-27-18/h1-3,5-10,13,23H,4,11-12,14H2,(H,22,24). The fraction of sp³-hybridized carbons (Fsp3) is 0.190. The Morgan fingerprint density at radius 2 is 1.74 bits per heavy atom. The molecule has 0 spiro atoms. The van der Waals surface area contributed by atoms with Crippen LogP contribution in [0.3, 0.4) is 0 Å². The van der Waals surface area contributed by atoms with Crippen LogP contribution in [-0.4, -0.2) is 27.5 Å². The van der Waals surface area contributed by atoms with Crippen LogP contribution in [0.4, 0.5) is 0 Å². The molecule has 1 amide bonds. The average Bonchev–Trinajstić information content (AvgIpc) is 3.14. The van der Waals surface area contributed by atoms with Crippen LogP contribution in [0.25, 0.3) is 0 Å². The molecule has 0 bridgehead atoms. The Morgan fingerprint density at radius 1 is 0.968 bits per heavy atom. The fourth-order valence-electron chi connectivity index (χ4n) is 2.79. The number of nitrogens with one attached hydrogen (secondary N) is 2. The van der Waals surface area contributed by atoms with Gasteiger partial charge in [-0.15, -0.1) is 4.83 Å². The van der Waals surface area contributed by atoms with Crippen molar-refractivity contribution in [1.29, 1.82) is 0 Å². The van der Waals surface area contributed by atoms with E-state index in [-0.39, 0.29) is 17.3 Å². The normalized spacial score (nSPS) is 13.3. The molecule has 10 heteroatoms. The van der Waals surface area contributed by atoms with Crippen LogP contribution in [0.5, 0.6) is 17.2 Å². The number of hydrogen-bond donors (Lipinski definition) is 2. The first kappa shape index (κ1) is 20.8. The van der Waals surface area contributed by atoms with Crippen molar-refractivity contribution in [3.8, 4) is 17.2 Å². The van der Waals surface area contributed by atoms with Gasteiger partial charge in [0.15, 0.2) is 17.3 Å². The smallest absolute Gasteiger partial charge is 0.301 e. The maximum atomic E-state index is 12.5. The second kappa shape index (κ2) is 9.11. The van der Waals surface area contributed by atoms with E-state index in [1.54, 1.807) is 18.2 Å². The summed E-state index contributed by atoms with van der Waals surface area (Å²) in [7, 11) is -4.03. The van der Waals surface area contributed by atoms with Crippen molar-refractivity contribution in [3.05, 3.63) is 72.2 Å². The van der Waals surface area contributed by atoms with E-state index >= 15 is 0 Å². The number of carbonyl (C=O) groups excluding carboxylic acids is 1. The van der Waals surface area contributed by atoms with E-state index < -0.39 is 15.9 Å². The number of hydrazine groups is 1. The lowest BCUT2D eigenvalue weighted by Gasteiger charge is -2.11. The predicted octanol–water partition coefficient (Wildman–Crippen LogP) is 2.64. The molecule has 0 atom stereocenters. The predicted molar refractivity (Wildman–Crippen MR) is 109 cm³/mol. The molecule has 31 heavy (non-hydrogen) atoms. The SMILES string of the molecule is O=C(NNS(=O)(=O)c1ccc2c(c1)OCCCO2)c1ccc(COc2ccccc2)o1. The third-order valence-electron chi connectivity index (χ3n) is 4.34. The number of rotatable bonds is 7. The lowest BCUT2D eigenvalue weighted by molar-refractivity contribution is 0.0913. The molecule has 9 nitrogen and oxygen atoms in total. The summed E-state index contributed by atoms with van der Waals surface area (Å²) in [5, 5.41) is 0. The first-order chi connectivity index (χ1) is 15.0. The zero-order valence-electron chi connectivity index (χ0n) is 16.4. The number of hydrogen-bond acceptors (Lipinski definition) is 7. The summed E-state index contributed by atoms with van der Waals surface area (Å²) in [6.07, 6.45) is 0.701. The van der Waals surface area contributed by atoms with E-state index in [9.17, 15) is 13.2 Å². The Labute approximate surface area is 178 Å². The Bertz CT molecular complexity index is 1160. The number of sulfonamides is 1. The molecule has 0 saturated carbocycles. The fourth-order valence-corrected chi connectivity index (χ4v) is 3.65. The van der Waals surface area contributed by atoms with Gasteiger partial charge in [-0.3, -0.25) is 10.2 Å². The largest absolute Gasteiger partial charge is 0.490 e. The highest BCUT2D eigenvalue weighted by molar-refractivity contribution is 7.89. The van der Waals surface area contributed by atoms with E-state index in [4.69, 9.17) is 18.6 Å². The molecule has 4 rings (SSSR count). The molecule has 1 aromatic heterocycles. The van der Waals surface area contributed by atoms with Crippen LogP contribution >= 0.6 is 0 Å². The molecule has 2 aromatic carbocycles. The van der Waals surface area contributed by atoms with Gasteiger partial charge in [0, 0.05) is 12.5 Å². The summed E-state index contributed by atoms with van der Waals surface area (Å²) in [4.78, 5) is 14.2. The van der Waals surface area contributed by atoms with E-state index in [1.165, 1.54) is 24.3 Å². The van der Waals surface area contributed by atoms with Gasteiger partial charge in [-0.2, -0.15) is 0 Å². The monoisotopic (exact) mass is 444 g/mol. The molecule has 0 fully saturated rings. The van der Waals surface area contributed by atoms with Crippen molar-refractivity contribution < 1.29 is 31.8 Å². The van der Waals surface area contributed by atoms with Gasteiger partial charge in [-0.25, -0.2) is 8.42 Å². The van der Waals surface area contributed by atoms with E-state index in [2.05, 4.69) is 5.43 Å². The Kier molecular flexibility index (Phi) is 6.10. The highest BCUT2D eigenvalue weighted by atomic mass is 32.2. The second-order valence-corrected chi connectivity index (χ2v) is 8.27. The number of amides is 1. The minimum absolute atomic E-state index is 0.0620. The minimum Gasteiger partial charge on any atom is -0.490 e. The molecular weight excluding hydrogens is 424 g/mol. The molecule has 3 aromatic rings. The molecule has 0 aliphatic carbocycles. The Morgan fingerprint density at radius 3 is 2.55 bits per heavy atom. The molecular formula is C21H20N2O7S. The van der Waals surface area contributed by atoms with Crippen LogP contribution in [0.15, 0.2) is 70.0 Å². The molecule has 1 aliphatic heterocycles. The van der Waals surface area contributed by atoms with Gasteiger partial charge < -0.3 is 18.6 Å². The zero-order chi connectivity index (χ0) is 21.7. The average molecular weight is 444 g/mol. The number of benzene rings is 2. The van der Waals surface area contributed by atoms with Gasteiger partial charge in [-0.05, 0) is 36.4 Å². The third-order valence-corrected chi connectivity index (χ3v) is 5.58. The highest BCUT2D eigenvalue weighted by Crippen LogP contribution is 2.31. The van der Waals surface area contributed by atoms with Crippen molar-refractivity contribution >= 4 is 15.9 Å². The van der Waals surface area contributed by atoms with Crippen LogP contribution < -0.4 is 24.5 Å². The summed E-state index contributed by atoms with van der Waals surface area (Å²) in [5.74, 6) is 1.08. The Balaban J connectivity index is 1.36. The van der Waals surface area contributed by atoms with Gasteiger partial charge in [0.2, 0.25) is 0 Å². The number of furan rings is 1. The number of fused-ring (bicyclic) bond motifs is 1. The maximum Gasteiger partial charge on any atom is 0.301 e. The molecule has 162 valence electrons. The van der Waals surface area contributed by atoms with E-state index in [0.29, 0.717) is 42.6 Å². The first-order valence-corrected chi connectivity index (χ1v) is 11.0. The molecule has 0 saturated heterocycles. The van der Waals surface area contributed by atoms with Gasteiger partial charge in [0.05, 0.1) is 18.1 Å². The van der Waals surface area contributed by atoms with Gasteiger partial charge in [-0.1, -0.05) is 18.2 Å². The number of carbonyl (C=O) groups is 1. The zero-order valence-corrected chi connectivity index (χ0v) is 17.2. The van der Waals surface area contributed by atoms with Crippen molar-refractivity contribution in [2.75, 3.05) is 13.2 Å².